The van der Waals surface area contributed by atoms with E-state index < -0.39 is 30.0 Å². The van der Waals surface area contributed by atoms with Crippen LogP contribution >= 0.6 is 0 Å². The number of esters is 2. The average molecular weight is 633 g/mol. The van der Waals surface area contributed by atoms with Gasteiger partial charge in [-0.15, -0.1) is 0 Å². The molecule has 0 aliphatic heterocycles. The summed E-state index contributed by atoms with van der Waals surface area (Å²) in [6.07, 6.45) is 5.15. The standard InChI is InChI=1S/C34H40F4N2O5/c1-3-5-7-9-10-12-20-43-27-22-39-31(40-23-27)28-19-16-25(21-29(28)35)33(42)44-26-17-14-24(15-18-26)32(41)45-30(34(36,37)38)13-11-8-6-4-2/h14-19,21-23,30H,3-13,20H2,1-2H3. The molecule has 0 saturated heterocycles. The van der Waals surface area contributed by atoms with Gasteiger partial charge in [-0.2, -0.15) is 13.2 Å². The van der Waals surface area contributed by atoms with Crippen molar-refractivity contribution in [2.24, 2.45) is 0 Å². The molecule has 11 heteroatoms. The highest BCUT2D eigenvalue weighted by Crippen LogP contribution is 2.29. The van der Waals surface area contributed by atoms with Crippen molar-refractivity contribution in [3.05, 3.63) is 71.8 Å². The molecule has 0 aliphatic carbocycles. The second kappa shape index (κ2) is 18.1. The summed E-state index contributed by atoms with van der Waals surface area (Å²) in [5.41, 5.74) is -0.138. The number of benzene rings is 2. The van der Waals surface area contributed by atoms with Gasteiger partial charge < -0.3 is 14.2 Å². The second-order valence-corrected chi connectivity index (χ2v) is 10.8. The van der Waals surface area contributed by atoms with Gasteiger partial charge >= 0.3 is 18.1 Å². The van der Waals surface area contributed by atoms with E-state index >= 15 is 0 Å². The Kier molecular flexibility index (Phi) is 14.2. The van der Waals surface area contributed by atoms with Crippen molar-refractivity contribution in [2.75, 3.05) is 6.61 Å². The number of aromatic nitrogens is 2. The maximum Gasteiger partial charge on any atom is 0.425 e. The SMILES string of the molecule is CCCCCCCCOc1cnc(-c2ccc(C(=O)Oc3ccc(C(=O)OC(CCCCCC)C(F)(F)F)cc3)cc2F)nc1. The highest BCUT2D eigenvalue weighted by atomic mass is 19.4. The summed E-state index contributed by atoms with van der Waals surface area (Å²) in [6, 6.07) is 8.58. The molecule has 45 heavy (non-hydrogen) atoms. The molecule has 0 radical (unpaired) electrons. The Morgan fingerprint density at radius 2 is 1.36 bits per heavy atom. The molecule has 0 N–H and O–H groups in total. The molecule has 0 spiro atoms. The zero-order chi connectivity index (χ0) is 32.7. The van der Waals surface area contributed by atoms with Gasteiger partial charge in [-0.3, -0.25) is 0 Å². The number of alkyl halides is 3. The third-order valence-electron chi connectivity index (χ3n) is 7.08. The maximum atomic E-state index is 14.9. The number of hydrogen-bond acceptors (Lipinski definition) is 7. The van der Waals surface area contributed by atoms with Crippen molar-refractivity contribution in [2.45, 2.75) is 96.8 Å². The van der Waals surface area contributed by atoms with Gasteiger partial charge in [0.25, 0.3) is 0 Å². The quantitative estimate of drug-likeness (QED) is 0.0598. The average Bonchev–Trinajstić information content (AvgIpc) is 3.02. The van der Waals surface area contributed by atoms with Gasteiger partial charge in [0, 0.05) is 0 Å². The topological polar surface area (TPSA) is 87.6 Å². The Morgan fingerprint density at radius 3 is 1.98 bits per heavy atom. The van der Waals surface area contributed by atoms with Crippen molar-refractivity contribution in [3.8, 4) is 22.9 Å². The van der Waals surface area contributed by atoms with Crippen LogP contribution in [0.3, 0.4) is 0 Å². The fourth-order valence-electron chi connectivity index (χ4n) is 4.49. The normalized spacial score (nSPS) is 12.0. The van der Waals surface area contributed by atoms with Crippen LogP contribution in [0.1, 0.15) is 105 Å². The van der Waals surface area contributed by atoms with E-state index in [0.29, 0.717) is 18.8 Å². The molecular weight excluding hydrogens is 592 g/mol. The zero-order valence-electron chi connectivity index (χ0n) is 25.7. The predicted octanol–water partition coefficient (Wildman–Crippen LogP) is 9.30. The number of ether oxygens (including phenoxy) is 3. The summed E-state index contributed by atoms with van der Waals surface area (Å²) in [7, 11) is 0. The first-order chi connectivity index (χ1) is 21.6. The summed E-state index contributed by atoms with van der Waals surface area (Å²) >= 11 is 0. The molecule has 2 aromatic carbocycles. The van der Waals surface area contributed by atoms with Crippen LogP contribution in [0.15, 0.2) is 54.9 Å². The van der Waals surface area contributed by atoms with Crippen molar-refractivity contribution in [1.29, 1.82) is 0 Å². The molecule has 3 aromatic rings. The van der Waals surface area contributed by atoms with Gasteiger partial charge in [0.05, 0.1) is 35.7 Å². The molecule has 1 unspecified atom stereocenters. The Hall–Kier alpha value is -4.02. The molecule has 1 atom stereocenters. The Balaban J connectivity index is 1.53. The summed E-state index contributed by atoms with van der Waals surface area (Å²) < 4.78 is 70.6. The lowest BCUT2D eigenvalue weighted by Gasteiger charge is -2.20. The molecule has 244 valence electrons. The summed E-state index contributed by atoms with van der Waals surface area (Å²) in [6.45, 7) is 4.66. The van der Waals surface area contributed by atoms with Crippen LogP contribution in [0.4, 0.5) is 17.6 Å². The third kappa shape index (κ3) is 11.8. The first-order valence-corrected chi connectivity index (χ1v) is 15.5. The Morgan fingerprint density at radius 1 is 0.756 bits per heavy atom. The minimum atomic E-state index is -4.68. The number of nitrogens with zero attached hydrogens (tertiary/aromatic N) is 2. The van der Waals surface area contributed by atoms with Gasteiger partial charge in [0.1, 0.15) is 11.6 Å². The molecular formula is C34H40F4N2O5. The first kappa shape index (κ1) is 35.5. The predicted molar refractivity (Wildman–Crippen MR) is 162 cm³/mol. The molecule has 0 fully saturated rings. The maximum absolute atomic E-state index is 14.9. The minimum Gasteiger partial charge on any atom is -0.490 e. The van der Waals surface area contributed by atoms with E-state index in [9.17, 15) is 27.2 Å². The number of carbonyl (C=O) groups excluding carboxylic acids is 2. The third-order valence-corrected chi connectivity index (χ3v) is 7.08. The molecule has 3 rings (SSSR count). The van der Waals surface area contributed by atoms with E-state index in [1.165, 1.54) is 74.5 Å². The molecule has 7 nitrogen and oxygen atoms in total. The second-order valence-electron chi connectivity index (χ2n) is 10.8. The van der Waals surface area contributed by atoms with E-state index in [0.717, 1.165) is 31.7 Å². The number of carbonyl (C=O) groups is 2. The van der Waals surface area contributed by atoms with Crippen LogP contribution in [0.2, 0.25) is 0 Å². The molecule has 0 saturated carbocycles. The fraction of sp³-hybridized carbons (Fsp3) is 0.471. The van der Waals surface area contributed by atoms with Crippen LogP contribution in [0.5, 0.6) is 11.5 Å². The number of unbranched alkanes of at least 4 members (excludes halogenated alkanes) is 8. The van der Waals surface area contributed by atoms with Gasteiger partial charge in [0.2, 0.25) is 0 Å². The van der Waals surface area contributed by atoms with Crippen LogP contribution in [0.25, 0.3) is 11.4 Å². The monoisotopic (exact) mass is 632 g/mol. The van der Waals surface area contributed by atoms with Crippen LogP contribution < -0.4 is 9.47 Å². The lowest BCUT2D eigenvalue weighted by Crippen LogP contribution is -2.33. The van der Waals surface area contributed by atoms with Gasteiger partial charge in [-0.1, -0.05) is 65.2 Å². The van der Waals surface area contributed by atoms with E-state index in [2.05, 4.69) is 16.9 Å². The van der Waals surface area contributed by atoms with Gasteiger partial charge in [-0.05, 0) is 61.7 Å². The Bertz CT molecular complexity index is 1350. The largest absolute Gasteiger partial charge is 0.490 e. The van der Waals surface area contributed by atoms with E-state index in [1.54, 1.807) is 0 Å². The minimum absolute atomic E-state index is 0.00727. The van der Waals surface area contributed by atoms with Crippen molar-refractivity contribution >= 4 is 11.9 Å². The lowest BCUT2D eigenvalue weighted by atomic mass is 10.1. The highest BCUT2D eigenvalue weighted by Gasteiger charge is 2.42. The van der Waals surface area contributed by atoms with E-state index in [4.69, 9.17) is 14.2 Å². The number of halogens is 4. The molecule has 0 aliphatic rings. The molecule has 0 amide bonds. The smallest absolute Gasteiger partial charge is 0.425 e. The summed E-state index contributed by atoms with van der Waals surface area (Å²) in [4.78, 5) is 33.3. The van der Waals surface area contributed by atoms with E-state index in [1.807, 2.05) is 6.92 Å². The van der Waals surface area contributed by atoms with Crippen molar-refractivity contribution in [3.63, 3.8) is 0 Å². The van der Waals surface area contributed by atoms with Gasteiger partial charge in [-0.25, -0.2) is 23.9 Å². The number of rotatable bonds is 18. The summed E-state index contributed by atoms with van der Waals surface area (Å²) in [5, 5.41) is 0. The number of hydrogen-bond donors (Lipinski definition) is 0. The lowest BCUT2D eigenvalue weighted by molar-refractivity contribution is -0.206. The fourth-order valence-corrected chi connectivity index (χ4v) is 4.49. The zero-order valence-corrected chi connectivity index (χ0v) is 25.7. The molecule has 0 bridgehead atoms. The van der Waals surface area contributed by atoms with Gasteiger partial charge in [0.15, 0.2) is 17.7 Å². The molecule has 1 aromatic heterocycles. The van der Waals surface area contributed by atoms with E-state index in [-0.39, 0.29) is 41.1 Å². The highest BCUT2D eigenvalue weighted by molar-refractivity contribution is 5.92. The summed E-state index contributed by atoms with van der Waals surface area (Å²) in [5.74, 6) is -2.14. The van der Waals surface area contributed by atoms with Crippen LogP contribution in [-0.4, -0.2) is 40.8 Å². The molecule has 1 heterocycles. The first-order valence-electron chi connectivity index (χ1n) is 15.5. The van der Waals surface area contributed by atoms with Crippen molar-refractivity contribution in [1.82, 2.24) is 9.97 Å². The van der Waals surface area contributed by atoms with Crippen molar-refractivity contribution < 1.29 is 41.4 Å². The van der Waals surface area contributed by atoms with Crippen LogP contribution in [-0.2, 0) is 4.74 Å². The van der Waals surface area contributed by atoms with Crippen LogP contribution in [0, 0.1) is 5.82 Å². The Labute approximate surface area is 261 Å².